The number of rotatable bonds is 6. The molecule has 0 spiro atoms. The van der Waals surface area contributed by atoms with Gasteiger partial charge >= 0.3 is 0 Å². The van der Waals surface area contributed by atoms with Crippen LogP contribution in [0.5, 0.6) is 0 Å². The Morgan fingerprint density at radius 3 is 2.14 bits per heavy atom. The fraction of sp³-hybridized carbons (Fsp3) is 0.917. The van der Waals surface area contributed by atoms with Gasteiger partial charge in [0.25, 0.3) is 0 Å². The lowest BCUT2D eigenvalue weighted by Gasteiger charge is -2.15. The van der Waals surface area contributed by atoms with Gasteiger partial charge < -0.3 is 0 Å². The van der Waals surface area contributed by atoms with Crippen molar-refractivity contribution in [3.63, 3.8) is 0 Å². The van der Waals surface area contributed by atoms with Crippen LogP contribution in [0, 0.1) is 0 Å². The van der Waals surface area contributed by atoms with Crippen LogP contribution in [0.15, 0.2) is 0 Å². The second-order valence-corrected chi connectivity index (χ2v) is 6.63. The molecule has 0 N–H and O–H groups in total. The van der Waals surface area contributed by atoms with E-state index >= 15 is 0 Å². The minimum absolute atomic E-state index is 0.0838. The first kappa shape index (κ1) is 14.0. The van der Waals surface area contributed by atoms with Gasteiger partial charge in [0.05, 0.1) is 0 Å². The number of carbonyl (C=O) groups excluding carboxylic acids is 1. The molecule has 2 heteroatoms. The van der Waals surface area contributed by atoms with Crippen LogP contribution < -0.4 is 0 Å². The third-order valence-corrected chi connectivity index (χ3v) is 2.95. The molecule has 0 aliphatic carbocycles. The molecule has 0 amide bonds. The fourth-order valence-corrected chi connectivity index (χ4v) is 2.19. The highest BCUT2D eigenvalue weighted by molar-refractivity contribution is 8.14. The fourth-order valence-electron chi connectivity index (χ4n) is 1.27. The Hall–Kier alpha value is 0.0200. The summed E-state index contributed by atoms with van der Waals surface area (Å²) in [5.41, 5.74) is 0. The molecule has 84 valence electrons. The normalized spacial score (nSPS) is 11.7. The predicted molar refractivity (Wildman–Crippen MR) is 65.7 cm³/mol. The van der Waals surface area contributed by atoms with Crippen molar-refractivity contribution in [3.05, 3.63) is 0 Å². The van der Waals surface area contributed by atoms with Crippen molar-refractivity contribution in [2.24, 2.45) is 0 Å². The van der Waals surface area contributed by atoms with E-state index in [1.165, 1.54) is 37.4 Å². The van der Waals surface area contributed by atoms with Crippen molar-refractivity contribution < 1.29 is 4.79 Å². The summed E-state index contributed by atoms with van der Waals surface area (Å²) in [6.07, 6.45) is 6.90. The molecule has 0 radical (unpaired) electrons. The van der Waals surface area contributed by atoms with Gasteiger partial charge in [-0.05, 0) is 6.42 Å². The van der Waals surface area contributed by atoms with Crippen molar-refractivity contribution in [2.45, 2.75) is 71.0 Å². The maximum Gasteiger partial charge on any atom is 0.189 e. The Balaban J connectivity index is 3.36. The molecular weight excluding hydrogens is 192 g/mol. The van der Waals surface area contributed by atoms with E-state index in [0.29, 0.717) is 5.12 Å². The van der Waals surface area contributed by atoms with Crippen LogP contribution >= 0.6 is 11.8 Å². The first-order valence-corrected chi connectivity index (χ1v) is 6.49. The first-order chi connectivity index (χ1) is 6.45. The molecular formula is C12H24OS. The molecule has 0 unspecified atom stereocenters. The number of thioether (sulfide) groups is 1. The highest BCUT2D eigenvalue weighted by atomic mass is 32.2. The summed E-state index contributed by atoms with van der Waals surface area (Å²) in [7, 11) is 0. The molecule has 0 rings (SSSR count). The summed E-state index contributed by atoms with van der Waals surface area (Å²) < 4.78 is 0.0838. The largest absolute Gasteiger partial charge is 0.287 e. The molecule has 0 bridgehead atoms. The molecule has 0 saturated heterocycles. The van der Waals surface area contributed by atoms with Crippen LogP contribution in [-0.2, 0) is 4.79 Å². The molecule has 0 heterocycles. The summed E-state index contributed by atoms with van der Waals surface area (Å²) >= 11 is 1.48. The van der Waals surface area contributed by atoms with Crippen molar-refractivity contribution >= 4 is 16.9 Å². The van der Waals surface area contributed by atoms with Crippen LogP contribution in [-0.4, -0.2) is 9.86 Å². The third kappa shape index (κ3) is 10.1. The molecule has 0 aliphatic heterocycles. The third-order valence-electron chi connectivity index (χ3n) is 1.90. The van der Waals surface area contributed by atoms with E-state index in [1.807, 2.05) is 0 Å². The summed E-state index contributed by atoms with van der Waals surface area (Å²) in [6.45, 7) is 8.48. The second-order valence-electron chi connectivity index (χ2n) is 4.75. The molecule has 0 atom stereocenters. The minimum atomic E-state index is 0.0838. The van der Waals surface area contributed by atoms with Gasteiger partial charge in [-0.3, -0.25) is 4.79 Å². The minimum Gasteiger partial charge on any atom is -0.287 e. The summed E-state index contributed by atoms with van der Waals surface area (Å²) in [4.78, 5) is 11.5. The molecule has 0 fully saturated rings. The zero-order chi connectivity index (χ0) is 11.0. The first-order valence-electron chi connectivity index (χ1n) is 5.67. The van der Waals surface area contributed by atoms with Gasteiger partial charge in [0.2, 0.25) is 0 Å². The molecule has 0 aromatic rings. The maximum atomic E-state index is 11.5. The number of hydrogen-bond acceptors (Lipinski definition) is 2. The average molecular weight is 216 g/mol. The van der Waals surface area contributed by atoms with Gasteiger partial charge in [-0.2, -0.15) is 0 Å². The van der Waals surface area contributed by atoms with Crippen molar-refractivity contribution in [2.75, 3.05) is 0 Å². The van der Waals surface area contributed by atoms with Gasteiger partial charge in [0.15, 0.2) is 5.12 Å². The quantitative estimate of drug-likeness (QED) is 0.612. The van der Waals surface area contributed by atoms with E-state index in [2.05, 4.69) is 27.7 Å². The Labute approximate surface area is 93.0 Å². The Kier molecular flexibility index (Phi) is 7.34. The van der Waals surface area contributed by atoms with Crippen LogP contribution in [0.3, 0.4) is 0 Å². The zero-order valence-electron chi connectivity index (χ0n) is 10.1. The van der Waals surface area contributed by atoms with Gasteiger partial charge in [-0.1, -0.05) is 65.1 Å². The van der Waals surface area contributed by atoms with Crippen LogP contribution in [0.1, 0.15) is 66.2 Å². The lowest BCUT2D eigenvalue weighted by atomic mass is 10.1. The lowest BCUT2D eigenvalue weighted by Crippen LogP contribution is -2.11. The highest BCUT2D eigenvalue weighted by Gasteiger charge is 2.15. The maximum absolute atomic E-state index is 11.5. The van der Waals surface area contributed by atoms with E-state index in [9.17, 15) is 4.79 Å². The van der Waals surface area contributed by atoms with E-state index in [4.69, 9.17) is 0 Å². The standard InChI is InChI=1S/C12H24OS/c1-5-6-7-8-9-10-11(13)14-12(2,3)4/h5-10H2,1-4H3. The van der Waals surface area contributed by atoms with Crippen molar-refractivity contribution in [3.8, 4) is 0 Å². The van der Waals surface area contributed by atoms with Gasteiger partial charge in [0, 0.05) is 11.2 Å². The Morgan fingerprint density at radius 2 is 1.64 bits per heavy atom. The predicted octanol–water partition coefficient (Wildman–Crippen LogP) is 4.41. The van der Waals surface area contributed by atoms with Crippen LogP contribution in [0.25, 0.3) is 0 Å². The number of hydrogen-bond donors (Lipinski definition) is 0. The molecule has 1 nitrogen and oxygen atoms in total. The highest BCUT2D eigenvalue weighted by Crippen LogP contribution is 2.25. The summed E-state index contributed by atoms with van der Waals surface area (Å²) in [5, 5.41) is 0.356. The summed E-state index contributed by atoms with van der Waals surface area (Å²) in [5.74, 6) is 0. The second kappa shape index (κ2) is 7.33. The monoisotopic (exact) mass is 216 g/mol. The smallest absolute Gasteiger partial charge is 0.189 e. The van der Waals surface area contributed by atoms with E-state index in [1.54, 1.807) is 0 Å². The Morgan fingerprint density at radius 1 is 1.07 bits per heavy atom. The molecule has 0 aliphatic rings. The number of unbranched alkanes of at least 4 members (excludes halogenated alkanes) is 4. The SMILES string of the molecule is CCCCCCCC(=O)SC(C)(C)C. The van der Waals surface area contributed by atoms with Gasteiger partial charge in [0.1, 0.15) is 0 Å². The molecule has 0 aromatic heterocycles. The van der Waals surface area contributed by atoms with Crippen LogP contribution in [0.4, 0.5) is 0 Å². The van der Waals surface area contributed by atoms with E-state index in [0.717, 1.165) is 12.8 Å². The summed E-state index contributed by atoms with van der Waals surface area (Å²) in [6, 6.07) is 0. The van der Waals surface area contributed by atoms with Gasteiger partial charge in [-0.15, -0.1) is 0 Å². The van der Waals surface area contributed by atoms with Crippen molar-refractivity contribution in [1.82, 2.24) is 0 Å². The van der Waals surface area contributed by atoms with E-state index < -0.39 is 0 Å². The van der Waals surface area contributed by atoms with Crippen LogP contribution in [0.2, 0.25) is 0 Å². The lowest BCUT2D eigenvalue weighted by molar-refractivity contribution is -0.111. The van der Waals surface area contributed by atoms with E-state index in [-0.39, 0.29) is 4.75 Å². The Bertz CT molecular complexity index is 158. The molecule has 14 heavy (non-hydrogen) atoms. The topological polar surface area (TPSA) is 17.1 Å². The molecule has 0 saturated carbocycles. The van der Waals surface area contributed by atoms with Crippen molar-refractivity contribution in [1.29, 1.82) is 0 Å². The zero-order valence-corrected chi connectivity index (χ0v) is 10.9. The average Bonchev–Trinajstić information content (AvgIpc) is 2.00. The number of carbonyl (C=O) groups is 1. The molecule has 0 aromatic carbocycles. The van der Waals surface area contributed by atoms with Gasteiger partial charge in [-0.25, -0.2) is 0 Å².